The van der Waals surface area contributed by atoms with Gasteiger partial charge in [-0.2, -0.15) is 0 Å². The SMILES string of the molecule is CC(C)[C@@H](NS(=O)(=O)CCc1ccccc1Br)C(=O)O. The number of aryl methyl sites for hydroxylation is 1. The Morgan fingerprint density at radius 3 is 2.45 bits per heavy atom. The van der Waals surface area contributed by atoms with E-state index >= 15 is 0 Å². The van der Waals surface area contributed by atoms with Crippen molar-refractivity contribution in [2.45, 2.75) is 26.3 Å². The fourth-order valence-electron chi connectivity index (χ4n) is 1.67. The first-order chi connectivity index (χ1) is 9.23. The lowest BCUT2D eigenvalue weighted by molar-refractivity contribution is -0.140. The molecule has 0 saturated carbocycles. The summed E-state index contributed by atoms with van der Waals surface area (Å²) in [6.07, 6.45) is 0.321. The number of halogens is 1. The molecule has 0 unspecified atom stereocenters. The van der Waals surface area contributed by atoms with Crippen LogP contribution in [0.4, 0.5) is 0 Å². The van der Waals surface area contributed by atoms with Crippen LogP contribution in [0.1, 0.15) is 19.4 Å². The minimum absolute atomic E-state index is 0.147. The molecule has 0 saturated heterocycles. The predicted molar refractivity (Wildman–Crippen MR) is 81.0 cm³/mol. The smallest absolute Gasteiger partial charge is 0.321 e. The van der Waals surface area contributed by atoms with Crippen LogP contribution in [0.15, 0.2) is 28.7 Å². The average Bonchev–Trinajstić information content (AvgIpc) is 2.34. The molecule has 0 amide bonds. The number of carboxylic acids is 1. The summed E-state index contributed by atoms with van der Waals surface area (Å²) in [4.78, 5) is 11.0. The van der Waals surface area contributed by atoms with Gasteiger partial charge in [-0.3, -0.25) is 4.79 Å². The molecule has 1 aromatic rings. The fourth-order valence-corrected chi connectivity index (χ4v) is 3.52. The Balaban J connectivity index is 2.71. The van der Waals surface area contributed by atoms with E-state index in [1.54, 1.807) is 13.8 Å². The molecule has 0 fully saturated rings. The number of rotatable bonds is 7. The highest BCUT2D eigenvalue weighted by molar-refractivity contribution is 9.10. The van der Waals surface area contributed by atoms with E-state index in [0.717, 1.165) is 10.0 Å². The first-order valence-corrected chi connectivity index (χ1v) is 8.63. The highest BCUT2D eigenvalue weighted by Crippen LogP contribution is 2.17. The molecule has 0 aliphatic heterocycles. The van der Waals surface area contributed by atoms with Crippen molar-refractivity contribution in [1.82, 2.24) is 4.72 Å². The van der Waals surface area contributed by atoms with Gasteiger partial charge in [0.25, 0.3) is 0 Å². The number of carbonyl (C=O) groups is 1. The first-order valence-electron chi connectivity index (χ1n) is 6.19. The quantitative estimate of drug-likeness (QED) is 0.776. The summed E-state index contributed by atoms with van der Waals surface area (Å²) in [5.41, 5.74) is 0.870. The van der Waals surface area contributed by atoms with Gasteiger partial charge in [-0.25, -0.2) is 13.1 Å². The van der Waals surface area contributed by atoms with E-state index in [4.69, 9.17) is 5.11 Å². The third kappa shape index (κ3) is 5.22. The van der Waals surface area contributed by atoms with Crippen LogP contribution in [-0.2, 0) is 21.2 Å². The fraction of sp³-hybridized carbons (Fsp3) is 0.462. The summed E-state index contributed by atoms with van der Waals surface area (Å²) in [7, 11) is -3.64. The summed E-state index contributed by atoms with van der Waals surface area (Å²) in [6.45, 7) is 3.32. The maximum Gasteiger partial charge on any atom is 0.321 e. The number of aliphatic carboxylic acids is 1. The molecule has 1 atom stereocenters. The summed E-state index contributed by atoms with van der Waals surface area (Å²) < 4.78 is 27.0. The van der Waals surface area contributed by atoms with Crippen molar-refractivity contribution in [3.63, 3.8) is 0 Å². The van der Waals surface area contributed by atoms with Gasteiger partial charge >= 0.3 is 5.97 Å². The molecule has 0 aromatic heterocycles. The van der Waals surface area contributed by atoms with Crippen molar-refractivity contribution in [3.05, 3.63) is 34.3 Å². The Morgan fingerprint density at radius 1 is 1.35 bits per heavy atom. The van der Waals surface area contributed by atoms with Gasteiger partial charge in [0.15, 0.2) is 0 Å². The highest BCUT2D eigenvalue weighted by Gasteiger charge is 2.26. The molecule has 5 nitrogen and oxygen atoms in total. The monoisotopic (exact) mass is 363 g/mol. The zero-order valence-electron chi connectivity index (χ0n) is 11.3. The lowest BCUT2D eigenvalue weighted by Crippen LogP contribution is -2.45. The van der Waals surface area contributed by atoms with Crippen LogP contribution in [0.5, 0.6) is 0 Å². The number of sulfonamides is 1. The lowest BCUT2D eigenvalue weighted by atomic mass is 10.1. The van der Waals surface area contributed by atoms with Crippen LogP contribution in [0.25, 0.3) is 0 Å². The van der Waals surface area contributed by atoms with Crippen LogP contribution in [0, 0.1) is 5.92 Å². The maximum absolute atomic E-state index is 11.9. The van der Waals surface area contributed by atoms with E-state index in [1.807, 2.05) is 24.3 Å². The highest BCUT2D eigenvalue weighted by atomic mass is 79.9. The third-order valence-corrected chi connectivity index (χ3v) is 4.97. The summed E-state index contributed by atoms with van der Waals surface area (Å²) >= 11 is 3.35. The van der Waals surface area contributed by atoms with E-state index in [9.17, 15) is 13.2 Å². The molecular weight excluding hydrogens is 346 g/mol. The van der Waals surface area contributed by atoms with Crippen molar-refractivity contribution in [2.24, 2.45) is 5.92 Å². The standard InChI is InChI=1S/C13H18BrNO4S/c1-9(2)12(13(16)17)15-20(18,19)8-7-10-5-3-4-6-11(10)14/h3-6,9,12,15H,7-8H2,1-2H3,(H,16,17)/t12-/m1/s1. The molecule has 7 heteroatoms. The predicted octanol–water partition coefficient (Wildman–Crippen LogP) is 2.02. The van der Waals surface area contributed by atoms with Crippen LogP contribution in [-0.4, -0.2) is 31.3 Å². The van der Waals surface area contributed by atoms with Gasteiger partial charge in [-0.15, -0.1) is 0 Å². The van der Waals surface area contributed by atoms with E-state index in [0.29, 0.717) is 6.42 Å². The lowest BCUT2D eigenvalue weighted by Gasteiger charge is -2.18. The van der Waals surface area contributed by atoms with E-state index in [1.165, 1.54) is 0 Å². The Labute approximate surface area is 127 Å². The molecule has 2 N–H and O–H groups in total. The number of hydrogen-bond acceptors (Lipinski definition) is 3. The minimum atomic E-state index is -3.64. The molecule has 0 aliphatic carbocycles. The molecule has 0 radical (unpaired) electrons. The molecule has 0 aliphatic rings. The van der Waals surface area contributed by atoms with Crippen molar-refractivity contribution >= 4 is 31.9 Å². The van der Waals surface area contributed by atoms with Gasteiger partial charge in [-0.1, -0.05) is 48.0 Å². The number of carboxylic acid groups (broad SMARTS) is 1. The second-order valence-electron chi connectivity index (χ2n) is 4.84. The van der Waals surface area contributed by atoms with Gasteiger partial charge in [0.05, 0.1) is 5.75 Å². The average molecular weight is 364 g/mol. The third-order valence-electron chi connectivity index (χ3n) is 2.84. The van der Waals surface area contributed by atoms with Gasteiger partial charge in [0, 0.05) is 4.47 Å². The Bertz CT molecular complexity index is 571. The minimum Gasteiger partial charge on any atom is -0.480 e. The molecule has 0 bridgehead atoms. The molecule has 20 heavy (non-hydrogen) atoms. The first kappa shape index (κ1) is 17.1. The van der Waals surface area contributed by atoms with Crippen molar-refractivity contribution in [1.29, 1.82) is 0 Å². The molecule has 1 rings (SSSR count). The summed E-state index contributed by atoms with van der Waals surface area (Å²) in [5, 5.41) is 9.00. The van der Waals surface area contributed by atoms with Crippen molar-refractivity contribution < 1.29 is 18.3 Å². The molecule has 112 valence electrons. The number of nitrogens with one attached hydrogen (secondary N) is 1. The van der Waals surface area contributed by atoms with Crippen molar-refractivity contribution in [2.75, 3.05) is 5.75 Å². The van der Waals surface area contributed by atoms with Crippen LogP contribution in [0.3, 0.4) is 0 Å². The van der Waals surface area contributed by atoms with E-state index in [2.05, 4.69) is 20.7 Å². The topological polar surface area (TPSA) is 83.5 Å². The normalized spacial score (nSPS) is 13.4. The van der Waals surface area contributed by atoms with Crippen LogP contribution in [0.2, 0.25) is 0 Å². The Morgan fingerprint density at radius 2 is 1.95 bits per heavy atom. The molecular formula is C13H18BrNO4S. The van der Waals surface area contributed by atoms with Gasteiger partial charge < -0.3 is 5.11 Å². The maximum atomic E-state index is 11.9. The largest absolute Gasteiger partial charge is 0.480 e. The Kier molecular flexibility index (Phi) is 6.16. The van der Waals surface area contributed by atoms with Crippen molar-refractivity contribution in [3.8, 4) is 0 Å². The van der Waals surface area contributed by atoms with Crippen LogP contribution < -0.4 is 4.72 Å². The zero-order valence-corrected chi connectivity index (χ0v) is 13.7. The number of hydrogen-bond donors (Lipinski definition) is 2. The van der Waals surface area contributed by atoms with Crippen LogP contribution >= 0.6 is 15.9 Å². The Hall–Kier alpha value is -0.920. The molecule has 1 aromatic carbocycles. The second kappa shape index (κ2) is 7.19. The molecule has 0 heterocycles. The summed E-state index contributed by atoms with van der Waals surface area (Å²) in [6, 6.07) is 6.24. The van der Waals surface area contributed by atoms with Gasteiger partial charge in [0.1, 0.15) is 6.04 Å². The number of benzene rings is 1. The summed E-state index contributed by atoms with van der Waals surface area (Å²) in [5.74, 6) is -1.62. The second-order valence-corrected chi connectivity index (χ2v) is 7.57. The van der Waals surface area contributed by atoms with E-state index in [-0.39, 0.29) is 11.7 Å². The molecule has 0 spiro atoms. The zero-order chi connectivity index (χ0) is 15.3. The van der Waals surface area contributed by atoms with E-state index < -0.39 is 22.0 Å². The van der Waals surface area contributed by atoms with Gasteiger partial charge in [-0.05, 0) is 24.0 Å². The van der Waals surface area contributed by atoms with Gasteiger partial charge in [0.2, 0.25) is 10.0 Å².